The molecule has 0 saturated heterocycles. The summed E-state index contributed by atoms with van der Waals surface area (Å²) in [5.41, 5.74) is 1.92. The van der Waals surface area contributed by atoms with Crippen molar-refractivity contribution in [3.05, 3.63) is 28.7 Å². The molecule has 3 rings (SSSR count). The van der Waals surface area contributed by atoms with Crippen molar-refractivity contribution in [2.75, 3.05) is 6.54 Å². The van der Waals surface area contributed by atoms with Crippen LogP contribution in [-0.4, -0.2) is 32.4 Å². The molecule has 0 radical (unpaired) electrons. The van der Waals surface area contributed by atoms with Crippen molar-refractivity contribution >= 4 is 29.9 Å². The maximum absolute atomic E-state index is 5.19. The average Bonchev–Trinajstić information content (AvgIpc) is 3.14. The Kier molecular flexibility index (Phi) is 7.21. The van der Waals surface area contributed by atoms with Gasteiger partial charge in [-0.05, 0) is 33.6 Å². The first kappa shape index (κ1) is 19.7. The van der Waals surface area contributed by atoms with Crippen molar-refractivity contribution in [1.29, 1.82) is 0 Å². The quantitative estimate of drug-likeness (QED) is 0.404. The number of hydrogen-bond acceptors (Lipinski definition) is 5. The molecule has 0 atom stereocenters. The number of guanidine groups is 1. The lowest BCUT2D eigenvalue weighted by Crippen LogP contribution is -2.37. The summed E-state index contributed by atoms with van der Waals surface area (Å²) in [6, 6.07) is 0. The van der Waals surface area contributed by atoms with E-state index in [1.165, 1.54) is 12.8 Å². The van der Waals surface area contributed by atoms with Gasteiger partial charge in [-0.1, -0.05) is 5.16 Å². The fourth-order valence-corrected chi connectivity index (χ4v) is 2.89. The lowest BCUT2D eigenvalue weighted by molar-refractivity contribution is 0.392. The van der Waals surface area contributed by atoms with Gasteiger partial charge >= 0.3 is 0 Å². The van der Waals surface area contributed by atoms with Crippen molar-refractivity contribution in [2.24, 2.45) is 4.99 Å². The third-order valence-electron chi connectivity index (χ3n) is 4.27. The fraction of sp³-hybridized carbons (Fsp3) is 0.625. The summed E-state index contributed by atoms with van der Waals surface area (Å²) in [6.07, 6.45) is 3.42. The van der Waals surface area contributed by atoms with Gasteiger partial charge in [0.2, 0.25) is 0 Å². The van der Waals surface area contributed by atoms with Crippen LogP contribution in [0.1, 0.15) is 48.4 Å². The van der Waals surface area contributed by atoms with Crippen LogP contribution in [0.4, 0.5) is 0 Å². The molecule has 0 bridgehead atoms. The van der Waals surface area contributed by atoms with Gasteiger partial charge < -0.3 is 19.7 Å². The minimum absolute atomic E-state index is 0. The molecule has 0 spiro atoms. The standard InChI is InChI=1S/C16H25N7O.HI/c1-4-17-16(18-9-13-11(2)22-24-12(13)3)19-10-15-21-20-14-7-5-6-8-23(14)15;/h4-10H2,1-3H3,(H2,17,18,19);1H. The number of hydrogen-bond donors (Lipinski definition) is 2. The molecule has 3 heterocycles. The summed E-state index contributed by atoms with van der Waals surface area (Å²) in [7, 11) is 0. The van der Waals surface area contributed by atoms with Crippen molar-refractivity contribution in [2.45, 2.75) is 59.7 Å². The first-order valence-corrected chi connectivity index (χ1v) is 8.54. The highest BCUT2D eigenvalue weighted by Gasteiger charge is 2.15. The molecule has 1 aliphatic heterocycles. The summed E-state index contributed by atoms with van der Waals surface area (Å²) < 4.78 is 7.40. The van der Waals surface area contributed by atoms with E-state index in [1.54, 1.807) is 0 Å². The molecule has 0 saturated carbocycles. The summed E-state index contributed by atoms with van der Waals surface area (Å²) >= 11 is 0. The van der Waals surface area contributed by atoms with Gasteiger partial charge in [0.15, 0.2) is 11.8 Å². The van der Waals surface area contributed by atoms with Crippen LogP contribution in [0, 0.1) is 13.8 Å². The van der Waals surface area contributed by atoms with Crippen LogP contribution in [0.15, 0.2) is 9.52 Å². The summed E-state index contributed by atoms with van der Waals surface area (Å²) in [5, 5.41) is 19.2. The Hall–Kier alpha value is -1.65. The minimum atomic E-state index is 0. The van der Waals surface area contributed by atoms with E-state index in [0.717, 1.165) is 54.1 Å². The van der Waals surface area contributed by atoms with Crippen LogP contribution in [0.5, 0.6) is 0 Å². The highest BCUT2D eigenvalue weighted by molar-refractivity contribution is 14.0. The van der Waals surface area contributed by atoms with Gasteiger partial charge in [-0.3, -0.25) is 0 Å². The normalized spacial score (nSPS) is 14.0. The van der Waals surface area contributed by atoms with E-state index >= 15 is 0 Å². The van der Waals surface area contributed by atoms with E-state index in [1.807, 2.05) is 20.8 Å². The second-order valence-electron chi connectivity index (χ2n) is 5.99. The zero-order valence-electron chi connectivity index (χ0n) is 15.0. The molecule has 0 aromatic carbocycles. The highest BCUT2D eigenvalue weighted by atomic mass is 127. The smallest absolute Gasteiger partial charge is 0.191 e. The second-order valence-corrected chi connectivity index (χ2v) is 5.99. The third-order valence-corrected chi connectivity index (χ3v) is 4.27. The predicted molar refractivity (Wildman–Crippen MR) is 106 cm³/mol. The number of aliphatic imine (C=N–C) groups is 1. The Morgan fingerprint density at radius 1 is 1.24 bits per heavy atom. The Labute approximate surface area is 164 Å². The van der Waals surface area contributed by atoms with Gasteiger partial charge in [0.1, 0.15) is 11.6 Å². The van der Waals surface area contributed by atoms with Gasteiger partial charge in [0.05, 0.1) is 18.8 Å². The SMILES string of the molecule is CCNC(=NCc1c(C)noc1C)NCc1nnc2n1CCCC2.I. The Bertz CT molecular complexity index is 703. The van der Waals surface area contributed by atoms with Gasteiger partial charge in [-0.25, -0.2) is 4.99 Å². The maximum atomic E-state index is 5.19. The van der Waals surface area contributed by atoms with E-state index in [9.17, 15) is 0 Å². The van der Waals surface area contributed by atoms with E-state index in [0.29, 0.717) is 13.1 Å². The zero-order valence-corrected chi connectivity index (χ0v) is 17.3. The number of aromatic nitrogens is 4. The molecule has 2 aromatic heterocycles. The van der Waals surface area contributed by atoms with Gasteiger partial charge in [0.25, 0.3) is 0 Å². The van der Waals surface area contributed by atoms with Crippen molar-refractivity contribution in [3.63, 3.8) is 0 Å². The van der Waals surface area contributed by atoms with Crippen LogP contribution >= 0.6 is 24.0 Å². The molecule has 2 aromatic rings. The number of aryl methyl sites for hydroxylation is 3. The van der Waals surface area contributed by atoms with Crippen molar-refractivity contribution in [1.82, 2.24) is 30.6 Å². The molecule has 0 aliphatic carbocycles. The van der Waals surface area contributed by atoms with E-state index < -0.39 is 0 Å². The Balaban J connectivity index is 0.00000225. The zero-order chi connectivity index (χ0) is 16.9. The Morgan fingerprint density at radius 3 is 2.80 bits per heavy atom. The molecule has 0 unspecified atom stereocenters. The minimum Gasteiger partial charge on any atom is -0.361 e. The summed E-state index contributed by atoms with van der Waals surface area (Å²) in [6.45, 7) is 8.84. The lowest BCUT2D eigenvalue weighted by Gasteiger charge is -2.16. The average molecular weight is 459 g/mol. The molecule has 25 heavy (non-hydrogen) atoms. The molecule has 0 amide bonds. The van der Waals surface area contributed by atoms with Crippen LogP contribution in [0.2, 0.25) is 0 Å². The van der Waals surface area contributed by atoms with Crippen LogP contribution in [0.3, 0.4) is 0 Å². The lowest BCUT2D eigenvalue weighted by atomic mass is 10.2. The number of rotatable bonds is 5. The first-order chi connectivity index (χ1) is 11.7. The van der Waals surface area contributed by atoms with Gasteiger partial charge in [-0.2, -0.15) is 0 Å². The van der Waals surface area contributed by atoms with Crippen molar-refractivity contribution in [3.8, 4) is 0 Å². The van der Waals surface area contributed by atoms with Gasteiger partial charge in [0, 0.05) is 25.1 Å². The molecule has 8 nitrogen and oxygen atoms in total. The molecule has 2 N–H and O–H groups in total. The van der Waals surface area contributed by atoms with Crippen LogP contribution in [0.25, 0.3) is 0 Å². The molecule has 1 aliphatic rings. The molecule has 9 heteroatoms. The number of nitrogens with zero attached hydrogens (tertiary/aromatic N) is 5. The molecular formula is C16H26IN7O. The fourth-order valence-electron chi connectivity index (χ4n) is 2.89. The van der Waals surface area contributed by atoms with Crippen molar-refractivity contribution < 1.29 is 4.52 Å². The molecular weight excluding hydrogens is 433 g/mol. The highest BCUT2D eigenvalue weighted by Crippen LogP contribution is 2.14. The van der Waals surface area contributed by atoms with Gasteiger partial charge in [-0.15, -0.1) is 34.2 Å². The summed E-state index contributed by atoms with van der Waals surface area (Å²) in [5.74, 6) is 3.63. The number of nitrogens with one attached hydrogen (secondary N) is 2. The predicted octanol–water partition coefficient (Wildman–Crippen LogP) is 2.09. The van der Waals surface area contributed by atoms with E-state index in [2.05, 4.69) is 35.5 Å². The topological polar surface area (TPSA) is 93.2 Å². The number of fused-ring (bicyclic) bond motifs is 1. The second kappa shape index (κ2) is 9.16. The van der Waals surface area contributed by atoms with Crippen LogP contribution < -0.4 is 10.6 Å². The van der Waals surface area contributed by atoms with Crippen LogP contribution in [-0.2, 0) is 26.1 Å². The van der Waals surface area contributed by atoms with E-state index in [-0.39, 0.29) is 24.0 Å². The Morgan fingerprint density at radius 2 is 2.08 bits per heavy atom. The largest absolute Gasteiger partial charge is 0.361 e. The van der Waals surface area contributed by atoms with E-state index in [4.69, 9.17) is 4.52 Å². The monoisotopic (exact) mass is 459 g/mol. The molecule has 138 valence electrons. The molecule has 0 fully saturated rings. The third kappa shape index (κ3) is 4.71. The maximum Gasteiger partial charge on any atom is 0.191 e. The first-order valence-electron chi connectivity index (χ1n) is 8.54. The number of halogens is 1. The summed E-state index contributed by atoms with van der Waals surface area (Å²) in [4.78, 5) is 4.63.